The van der Waals surface area contributed by atoms with Gasteiger partial charge in [0.2, 0.25) is 0 Å². The molecule has 4 heteroatoms. The van der Waals surface area contributed by atoms with Gasteiger partial charge in [-0.3, -0.25) is 9.59 Å². The summed E-state index contributed by atoms with van der Waals surface area (Å²) in [7, 11) is 0. The van der Waals surface area contributed by atoms with Crippen molar-refractivity contribution in [1.29, 1.82) is 0 Å². The van der Waals surface area contributed by atoms with Crippen molar-refractivity contribution in [2.24, 2.45) is 0 Å². The maximum atomic E-state index is 8.95. The molecule has 0 bridgehead atoms. The third-order valence-corrected chi connectivity index (χ3v) is 0.111. The van der Waals surface area contributed by atoms with Gasteiger partial charge in [-0.1, -0.05) is 0 Å². The van der Waals surface area contributed by atoms with Crippen LogP contribution in [0.5, 0.6) is 0 Å². The van der Waals surface area contributed by atoms with E-state index in [1.165, 1.54) is 0 Å². The van der Waals surface area contributed by atoms with Crippen LogP contribution in [0.4, 0.5) is 0 Å². The van der Waals surface area contributed by atoms with Crippen molar-refractivity contribution in [1.82, 2.24) is 0 Å². The van der Waals surface area contributed by atoms with Crippen LogP contribution < -0.4 is 0 Å². The van der Waals surface area contributed by atoms with Gasteiger partial charge in [-0.25, -0.2) is 0 Å². The van der Waals surface area contributed by atoms with E-state index in [-0.39, 0.29) is 42.5 Å². The number of hydrogen-bond acceptors (Lipinski definition) is 3. The van der Waals surface area contributed by atoms with Crippen LogP contribution in [0.3, 0.4) is 0 Å². The average molecular weight is 98.0 g/mol. The van der Waals surface area contributed by atoms with Gasteiger partial charge in [0.05, 0.1) is 0 Å². The SMILES string of the molecule is O=COC=O.[NaH]. The van der Waals surface area contributed by atoms with E-state index < -0.39 is 0 Å². The molecule has 6 heavy (non-hydrogen) atoms. The summed E-state index contributed by atoms with van der Waals surface area (Å²) in [6.07, 6.45) is 0. The molecular weight excluding hydrogens is 95.0 g/mol. The second-order valence-corrected chi connectivity index (χ2v) is 0.329. The van der Waals surface area contributed by atoms with Crippen LogP contribution in [-0.4, -0.2) is 42.5 Å². The van der Waals surface area contributed by atoms with E-state index in [9.17, 15) is 0 Å². The first-order chi connectivity index (χ1) is 2.41. The standard InChI is InChI=1S/C2H2O3.Na.H/c3-1-5-2-4;;/h1-2H;;. The Balaban J connectivity index is 0. The van der Waals surface area contributed by atoms with Gasteiger partial charge in [0.15, 0.2) is 0 Å². The topological polar surface area (TPSA) is 43.4 Å². The molecule has 0 saturated carbocycles. The molecule has 0 aromatic carbocycles. The molecule has 0 atom stereocenters. The Kier molecular flexibility index (Phi) is 14.1. The molecule has 3 nitrogen and oxygen atoms in total. The molecule has 0 aliphatic rings. The van der Waals surface area contributed by atoms with Crippen LogP contribution in [-0.2, 0) is 14.3 Å². The summed E-state index contributed by atoms with van der Waals surface area (Å²) in [6, 6.07) is 0. The first-order valence-electron chi connectivity index (χ1n) is 0.943. The van der Waals surface area contributed by atoms with Crippen LogP contribution in [0, 0.1) is 0 Å². The molecule has 0 amide bonds. The molecule has 30 valence electrons. The van der Waals surface area contributed by atoms with Crippen LogP contribution in [0.15, 0.2) is 0 Å². The van der Waals surface area contributed by atoms with E-state index >= 15 is 0 Å². The van der Waals surface area contributed by atoms with Gasteiger partial charge in [0.25, 0.3) is 0 Å². The molecule has 0 aliphatic carbocycles. The van der Waals surface area contributed by atoms with Gasteiger partial charge in [0, 0.05) is 0 Å². The molecule has 0 fully saturated rings. The van der Waals surface area contributed by atoms with Crippen LogP contribution in [0.2, 0.25) is 0 Å². The van der Waals surface area contributed by atoms with Crippen molar-refractivity contribution in [3.63, 3.8) is 0 Å². The van der Waals surface area contributed by atoms with Gasteiger partial charge in [-0.15, -0.1) is 0 Å². The minimum absolute atomic E-state index is 0. The molecule has 0 aromatic rings. The van der Waals surface area contributed by atoms with Crippen molar-refractivity contribution in [2.45, 2.75) is 0 Å². The average Bonchev–Trinajstić information content (AvgIpc) is 1.41. The Morgan fingerprint density at radius 2 is 1.50 bits per heavy atom. The van der Waals surface area contributed by atoms with Gasteiger partial charge >= 0.3 is 42.5 Å². The third kappa shape index (κ3) is 8.91. The van der Waals surface area contributed by atoms with Crippen molar-refractivity contribution in [3.05, 3.63) is 0 Å². The summed E-state index contributed by atoms with van der Waals surface area (Å²) < 4.78 is 3.47. The Hall–Kier alpha value is 0.140. The van der Waals surface area contributed by atoms with E-state index in [2.05, 4.69) is 4.74 Å². The van der Waals surface area contributed by atoms with Crippen molar-refractivity contribution in [2.75, 3.05) is 0 Å². The van der Waals surface area contributed by atoms with E-state index in [0.717, 1.165) is 0 Å². The first-order valence-corrected chi connectivity index (χ1v) is 0.943. The molecule has 0 aromatic heterocycles. The van der Waals surface area contributed by atoms with Crippen molar-refractivity contribution in [3.8, 4) is 0 Å². The summed E-state index contributed by atoms with van der Waals surface area (Å²) in [5.41, 5.74) is 0. The van der Waals surface area contributed by atoms with Crippen LogP contribution >= 0.6 is 0 Å². The summed E-state index contributed by atoms with van der Waals surface area (Å²) in [6.45, 7) is 0.125. The number of carbonyl (C=O) groups is 2. The predicted octanol–water partition coefficient (Wildman–Crippen LogP) is -1.33. The molecule has 0 N–H and O–H groups in total. The fourth-order valence-corrected chi connectivity index (χ4v) is 0.0227. The summed E-state index contributed by atoms with van der Waals surface area (Å²) in [5.74, 6) is 0. The minimum atomic E-state index is 0. The maximum absolute atomic E-state index is 8.95. The monoisotopic (exact) mass is 98.0 g/mol. The predicted molar refractivity (Wildman–Crippen MR) is 20.4 cm³/mol. The summed E-state index contributed by atoms with van der Waals surface area (Å²) in [4.78, 5) is 17.9. The zero-order chi connectivity index (χ0) is 4.12. The van der Waals surface area contributed by atoms with E-state index in [0.29, 0.717) is 0 Å². The quantitative estimate of drug-likeness (QED) is 0.244. The van der Waals surface area contributed by atoms with Crippen molar-refractivity contribution >= 4 is 42.5 Å². The van der Waals surface area contributed by atoms with Crippen molar-refractivity contribution < 1.29 is 14.3 Å². The zero-order valence-electron chi connectivity index (χ0n) is 2.38. The summed E-state index contributed by atoms with van der Waals surface area (Å²) >= 11 is 0. The van der Waals surface area contributed by atoms with E-state index in [1.807, 2.05) is 0 Å². The fourth-order valence-electron chi connectivity index (χ4n) is 0.0227. The Bertz CT molecular complexity index is 38.1. The molecule has 0 radical (unpaired) electrons. The molecule has 0 saturated heterocycles. The first kappa shape index (κ1) is 9.46. The zero-order valence-corrected chi connectivity index (χ0v) is 2.38. The Labute approximate surface area is 57.0 Å². The molecule has 0 spiro atoms. The Morgan fingerprint density at radius 1 is 1.17 bits per heavy atom. The number of carbonyl (C=O) groups excluding carboxylic acids is 2. The van der Waals surface area contributed by atoms with E-state index in [4.69, 9.17) is 9.59 Å². The summed E-state index contributed by atoms with van der Waals surface area (Å²) in [5, 5.41) is 0. The number of ether oxygens (including phenoxy) is 1. The molecular formula is C2H3NaO3. The Morgan fingerprint density at radius 3 is 1.50 bits per heavy atom. The molecule has 0 unspecified atom stereocenters. The van der Waals surface area contributed by atoms with E-state index in [1.54, 1.807) is 0 Å². The van der Waals surface area contributed by atoms with Crippen LogP contribution in [0.1, 0.15) is 0 Å². The second kappa shape index (κ2) is 8.94. The second-order valence-electron chi connectivity index (χ2n) is 0.329. The fraction of sp³-hybridized carbons (Fsp3) is 0. The molecule has 0 heterocycles. The van der Waals surface area contributed by atoms with Crippen LogP contribution in [0.25, 0.3) is 0 Å². The number of hydrogen-bond donors (Lipinski definition) is 0. The van der Waals surface area contributed by atoms with Gasteiger partial charge in [0.1, 0.15) is 0 Å². The van der Waals surface area contributed by atoms with Gasteiger partial charge in [-0.2, -0.15) is 0 Å². The van der Waals surface area contributed by atoms with Gasteiger partial charge < -0.3 is 4.74 Å². The third-order valence-electron chi connectivity index (χ3n) is 0.111. The molecule has 0 aliphatic heterocycles. The normalized spacial score (nSPS) is 4.67. The molecule has 0 rings (SSSR count). The number of rotatable bonds is 2. The van der Waals surface area contributed by atoms with Gasteiger partial charge in [-0.05, 0) is 0 Å².